The summed E-state index contributed by atoms with van der Waals surface area (Å²) in [6.07, 6.45) is 0. The zero-order valence-electron chi connectivity index (χ0n) is 13.6. The van der Waals surface area contributed by atoms with Gasteiger partial charge in [-0.3, -0.25) is 15.0 Å². The number of rotatable bonds is 2. The molecule has 6 nitrogen and oxygen atoms in total. The third-order valence-corrected chi connectivity index (χ3v) is 4.45. The highest BCUT2D eigenvalue weighted by Crippen LogP contribution is 2.28. The Kier molecular flexibility index (Phi) is 3.46. The molecule has 3 aromatic rings. The first kappa shape index (κ1) is 15.3. The highest BCUT2D eigenvalue weighted by Gasteiger charge is 2.39. The predicted octanol–water partition coefficient (Wildman–Crippen LogP) is 2.38. The van der Waals surface area contributed by atoms with Crippen LogP contribution in [0.5, 0.6) is 0 Å². The van der Waals surface area contributed by atoms with Gasteiger partial charge < -0.3 is 9.88 Å². The maximum absolute atomic E-state index is 12.5. The molecule has 1 aliphatic rings. The molecule has 1 aromatic heterocycles. The fourth-order valence-corrected chi connectivity index (χ4v) is 3.12. The number of hydrogen-bond donors (Lipinski definition) is 2. The summed E-state index contributed by atoms with van der Waals surface area (Å²) in [6.45, 7) is 2.08. The first-order valence-electron chi connectivity index (χ1n) is 7.99. The van der Waals surface area contributed by atoms with Crippen LogP contribution in [-0.4, -0.2) is 28.1 Å². The Morgan fingerprint density at radius 3 is 2.60 bits per heavy atom. The maximum Gasteiger partial charge on any atom is 0.258 e. The summed E-state index contributed by atoms with van der Waals surface area (Å²) in [5.74, 6) is -0.636. The van der Waals surface area contributed by atoms with Crippen LogP contribution in [0.4, 0.5) is 5.69 Å². The van der Waals surface area contributed by atoms with Gasteiger partial charge in [0, 0.05) is 5.69 Å². The monoisotopic (exact) mass is 332 g/mol. The first-order chi connectivity index (χ1) is 12.0. The van der Waals surface area contributed by atoms with Gasteiger partial charge in [0.05, 0.1) is 17.4 Å². The lowest BCUT2D eigenvalue weighted by Crippen LogP contribution is -2.27. The van der Waals surface area contributed by atoms with Crippen molar-refractivity contribution in [1.29, 1.82) is 5.41 Å². The van der Waals surface area contributed by atoms with Crippen LogP contribution in [0.25, 0.3) is 10.9 Å². The molecule has 4 rings (SSSR count). The molecule has 124 valence electrons. The van der Waals surface area contributed by atoms with Gasteiger partial charge in [-0.15, -0.1) is 0 Å². The number of fused-ring (bicyclic) bond motifs is 1. The molecule has 1 saturated heterocycles. The number of para-hydroxylation sites is 1. The van der Waals surface area contributed by atoms with E-state index in [1.807, 2.05) is 31.2 Å². The lowest BCUT2D eigenvalue weighted by atomic mass is 10.1. The number of aromatic amines is 1. The molecule has 0 radical (unpaired) electrons. The smallest absolute Gasteiger partial charge is 0.258 e. The largest absolute Gasteiger partial charge is 0.322 e. The third-order valence-electron chi connectivity index (χ3n) is 4.45. The molecule has 1 fully saturated rings. The van der Waals surface area contributed by atoms with Crippen LogP contribution in [0, 0.1) is 12.3 Å². The SMILES string of the molecule is Cc1ccc(N2CC(=O)C(c3nc4ccccc4c(=O)[nH]3)C2=N)cc1. The second kappa shape index (κ2) is 5.66. The van der Waals surface area contributed by atoms with Crippen LogP contribution in [0.3, 0.4) is 0 Å². The van der Waals surface area contributed by atoms with Crippen LogP contribution < -0.4 is 10.5 Å². The Bertz CT molecular complexity index is 1050. The minimum atomic E-state index is -0.849. The molecule has 0 bridgehead atoms. The average molecular weight is 332 g/mol. The standard InChI is InChI=1S/C19H16N4O2/c1-11-6-8-12(9-7-11)23-10-15(24)16(17(23)20)18-21-14-5-3-2-4-13(14)19(25)22-18/h2-9,16,20H,10H2,1H3,(H,21,22,25). The molecule has 25 heavy (non-hydrogen) atoms. The van der Waals surface area contributed by atoms with Crippen molar-refractivity contribution in [3.8, 4) is 0 Å². The molecule has 1 atom stereocenters. The molecule has 1 unspecified atom stereocenters. The Hall–Kier alpha value is -3.28. The van der Waals surface area contributed by atoms with E-state index in [1.54, 1.807) is 29.2 Å². The van der Waals surface area contributed by atoms with Gasteiger partial charge in [0.2, 0.25) is 0 Å². The number of H-pyrrole nitrogens is 1. The Balaban J connectivity index is 1.76. The number of amidine groups is 1. The van der Waals surface area contributed by atoms with Gasteiger partial charge >= 0.3 is 0 Å². The molecular weight excluding hydrogens is 316 g/mol. The second-order valence-corrected chi connectivity index (χ2v) is 6.17. The zero-order valence-corrected chi connectivity index (χ0v) is 13.6. The molecule has 2 aromatic carbocycles. The van der Waals surface area contributed by atoms with Gasteiger partial charge in [-0.1, -0.05) is 29.8 Å². The van der Waals surface area contributed by atoms with Crippen LogP contribution in [0.2, 0.25) is 0 Å². The number of hydrogen-bond acceptors (Lipinski definition) is 4. The summed E-state index contributed by atoms with van der Waals surface area (Å²) >= 11 is 0. The second-order valence-electron chi connectivity index (χ2n) is 6.17. The minimum absolute atomic E-state index is 0.100. The lowest BCUT2D eigenvalue weighted by molar-refractivity contribution is -0.117. The summed E-state index contributed by atoms with van der Waals surface area (Å²) in [4.78, 5) is 33.6. The fraction of sp³-hybridized carbons (Fsp3) is 0.158. The van der Waals surface area contributed by atoms with E-state index >= 15 is 0 Å². The van der Waals surface area contributed by atoms with Gasteiger partial charge in [-0.25, -0.2) is 4.98 Å². The fourth-order valence-electron chi connectivity index (χ4n) is 3.12. The lowest BCUT2D eigenvalue weighted by Gasteiger charge is -2.18. The number of ketones is 1. The summed E-state index contributed by atoms with van der Waals surface area (Å²) in [6, 6.07) is 14.6. The topological polar surface area (TPSA) is 89.9 Å². The summed E-state index contributed by atoms with van der Waals surface area (Å²) in [7, 11) is 0. The van der Waals surface area contributed by atoms with Crippen LogP contribution >= 0.6 is 0 Å². The van der Waals surface area contributed by atoms with Gasteiger partial charge in [-0.2, -0.15) is 0 Å². The van der Waals surface area contributed by atoms with Gasteiger partial charge in [0.25, 0.3) is 5.56 Å². The van der Waals surface area contributed by atoms with E-state index in [9.17, 15) is 9.59 Å². The van der Waals surface area contributed by atoms with Crippen molar-refractivity contribution in [2.45, 2.75) is 12.8 Å². The Morgan fingerprint density at radius 1 is 1.12 bits per heavy atom. The molecule has 2 heterocycles. The number of aromatic nitrogens is 2. The number of benzene rings is 2. The predicted molar refractivity (Wildman–Crippen MR) is 96.4 cm³/mol. The van der Waals surface area contributed by atoms with Crippen molar-refractivity contribution in [2.75, 3.05) is 11.4 Å². The molecule has 2 N–H and O–H groups in total. The maximum atomic E-state index is 12.5. The molecule has 6 heteroatoms. The number of carbonyl (C=O) groups excluding carboxylic acids is 1. The van der Waals surface area contributed by atoms with E-state index in [1.165, 1.54) is 0 Å². The quantitative estimate of drug-likeness (QED) is 0.754. The Labute approximate surface area is 143 Å². The van der Waals surface area contributed by atoms with E-state index in [0.29, 0.717) is 10.9 Å². The van der Waals surface area contributed by atoms with Crippen LogP contribution in [0.15, 0.2) is 53.3 Å². The molecule has 0 spiro atoms. The first-order valence-corrected chi connectivity index (χ1v) is 7.99. The molecule has 0 aliphatic carbocycles. The molecule has 0 saturated carbocycles. The van der Waals surface area contributed by atoms with Crippen molar-refractivity contribution in [1.82, 2.24) is 9.97 Å². The summed E-state index contributed by atoms with van der Waals surface area (Å²) in [5.41, 5.74) is 2.12. The highest BCUT2D eigenvalue weighted by molar-refractivity contribution is 6.22. The minimum Gasteiger partial charge on any atom is -0.322 e. The number of nitrogens with one attached hydrogen (secondary N) is 2. The van der Waals surface area contributed by atoms with Crippen molar-refractivity contribution in [3.63, 3.8) is 0 Å². The van der Waals surface area contributed by atoms with Crippen molar-refractivity contribution < 1.29 is 4.79 Å². The van der Waals surface area contributed by atoms with E-state index < -0.39 is 5.92 Å². The van der Waals surface area contributed by atoms with Crippen molar-refractivity contribution in [3.05, 3.63) is 70.3 Å². The molecular formula is C19H16N4O2. The van der Waals surface area contributed by atoms with Crippen LogP contribution in [-0.2, 0) is 4.79 Å². The van der Waals surface area contributed by atoms with E-state index in [0.717, 1.165) is 11.3 Å². The third kappa shape index (κ3) is 2.52. The van der Waals surface area contributed by atoms with Crippen molar-refractivity contribution >= 4 is 28.2 Å². The van der Waals surface area contributed by atoms with Gasteiger partial charge in [0.1, 0.15) is 17.6 Å². The number of nitrogens with zero attached hydrogens (tertiary/aromatic N) is 2. The number of carbonyl (C=O) groups is 1. The van der Waals surface area contributed by atoms with Crippen LogP contribution in [0.1, 0.15) is 17.3 Å². The average Bonchev–Trinajstić information content (AvgIpc) is 2.90. The number of aryl methyl sites for hydroxylation is 1. The normalized spacial score (nSPS) is 17.5. The number of anilines is 1. The highest BCUT2D eigenvalue weighted by atomic mass is 16.1. The zero-order chi connectivity index (χ0) is 17.6. The molecule has 1 aliphatic heterocycles. The summed E-state index contributed by atoms with van der Waals surface area (Å²) in [5, 5.41) is 8.91. The number of Topliss-reactive ketones (excluding diaryl/α,β-unsaturated/α-hetero) is 1. The Morgan fingerprint density at radius 2 is 1.84 bits per heavy atom. The summed E-state index contributed by atoms with van der Waals surface area (Å²) < 4.78 is 0. The van der Waals surface area contributed by atoms with Gasteiger partial charge in [0.15, 0.2) is 5.78 Å². The van der Waals surface area contributed by atoms with E-state index in [-0.39, 0.29) is 29.5 Å². The van der Waals surface area contributed by atoms with E-state index in [2.05, 4.69) is 9.97 Å². The van der Waals surface area contributed by atoms with E-state index in [4.69, 9.17) is 5.41 Å². The van der Waals surface area contributed by atoms with Gasteiger partial charge in [-0.05, 0) is 31.2 Å². The van der Waals surface area contributed by atoms with Crippen molar-refractivity contribution in [2.24, 2.45) is 0 Å². The molecule has 0 amide bonds.